The molecule has 1 aliphatic carbocycles. The van der Waals surface area contributed by atoms with Gasteiger partial charge >= 0.3 is 5.69 Å². The minimum Gasteiger partial charge on any atom is -0.263 e. The highest BCUT2D eigenvalue weighted by Crippen LogP contribution is 2.35. The Kier molecular flexibility index (Phi) is 3.08. The van der Waals surface area contributed by atoms with Crippen molar-refractivity contribution in [2.45, 2.75) is 25.8 Å². The average molecular weight is 309 g/mol. The predicted molar refractivity (Wildman–Crippen MR) is 75.6 cm³/mol. The van der Waals surface area contributed by atoms with E-state index >= 15 is 0 Å². The van der Waals surface area contributed by atoms with Gasteiger partial charge in [-0.2, -0.15) is 9.94 Å². The van der Waals surface area contributed by atoms with Crippen LogP contribution in [-0.4, -0.2) is 14.3 Å². The Bertz CT molecular complexity index is 773. The minimum atomic E-state index is -0.378. The number of nitriles is 1. The Morgan fingerprint density at radius 2 is 1.95 bits per heavy atom. The molecule has 0 saturated heterocycles. The van der Waals surface area contributed by atoms with Crippen molar-refractivity contribution in [3.63, 3.8) is 0 Å². The second kappa shape index (κ2) is 4.65. The lowest BCUT2D eigenvalue weighted by Gasteiger charge is -2.06. The molecule has 2 aromatic rings. The molecule has 102 valence electrons. The molecule has 0 bridgehead atoms. The van der Waals surface area contributed by atoms with Crippen molar-refractivity contribution in [1.82, 2.24) is 14.3 Å². The van der Waals surface area contributed by atoms with Crippen LogP contribution in [0.3, 0.4) is 0 Å². The van der Waals surface area contributed by atoms with Crippen LogP contribution in [0.1, 0.15) is 30.3 Å². The fourth-order valence-electron chi connectivity index (χ4n) is 2.16. The van der Waals surface area contributed by atoms with Crippen LogP contribution in [0.4, 0.5) is 0 Å². The third-order valence-corrected chi connectivity index (χ3v) is 3.77. The van der Waals surface area contributed by atoms with Crippen molar-refractivity contribution in [1.29, 1.82) is 5.26 Å². The van der Waals surface area contributed by atoms with Gasteiger partial charge in [-0.15, -0.1) is 5.10 Å². The van der Waals surface area contributed by atoms with E-state index < -0.39 is 0 Å². The summed E-state index contributed by atoms with van der Waals surface area (Å²) in [6.07, 6.45) is 1.77. The summed E-state index contributed by atoms with van der Waals surface area (Å²) >= 11 is 12.3. The first-order valence-electron chi connectivity index (χ1n) is 6.10. The quantitative estimate of drug-likeness (QED) is 0.857. The summed E-state index contributed by atoms with van der Waals surface area (Å²) in [6, 6.07) is 5.42. The van der Waals surface area contributed by atoms with E-state index in [1.165, 1.54) is 4.57 Å². The molecule has 0 amide bonds. The Balaban J connectivity index is 2.27. The normalized spacial score (nSPS) is 14.3. The molecule has 0 unspecified atom stereocenters. The zero-order valence-corrected chi connectivity index (χ0v) is 12.1. The lowest BCUT2D eigenvalue weighted by Crippen LogP contribution is -2.24. The van der Waals surface area contributed by atoms with Crippen LogP contribution in [0.15, 0.2) is 16.9 Å². The molecule has 0 aliphatic heterocycles. The molecule has 20 heavy (non-hydrogen) atoms. The van der Waals surface area contributed by atoms with Crippen molar-refractivity contribution in [3.8, 4) is 11.8 Å². The number of aromatic nitrogens is 3. The van der Waals surface area contributed by atoms with Gasteiger partial charge in [0, 0.05) is 6.04 Å². The van der Waals surface area contributed by atoms with Gasteiger partial charge in [-0.05, 0) is 37.5 Å². The third kappa shape index (κ3) is 2.01. The lowest BCUT2D eigenvalue weighted by atomic mass is 10.2. The van der Waals surface area contributed by atoms with Gasteiger partial charge < -0.3 is 0 Å². The molecule has 0 spiro atoms. The Labute approximate surface area is 125 Å². The number of benzene rings is 1. The maximum atomic E-state index is 12.4. The molecule has 5 nitrogen and oxygen atoms in total. The number of aryl methyl sites for hydroxylation is 1. The highest BCUT2D eigenvalue weighted by Gasteiger charge is 2.31. The van der Waals surface area contributed by atoms with E-state index in [9.17, 15) is 4.79 Å². The second-order valence-corrected chi connectivity index (χ2v) is 5.62. The van der Waals surface area contributed by atoms with Crippen LogP contribution in [0, 0.1) is 18.3 Å². The van der Waals surface area contributed by atoms with Gasteiger partial charge in [-0.1, -0.05) is 23.2 Å². The van der Waals surface area contributed by atoms with Gasteiger partial charge in [-0.25, -0.2) is 4.79 Å². The molecule has 1 aromatic heterocycles. The average Bonchev–Trinajstić information content (AvgIpc) is 3.14. The summed E-state index contributed by atoms with van der Waals surface area (Å²) in [5.74, 6) is 0.0882. The van der Waals surface area contributed by atoms with Crippen molar-refractivity contribution in [3.05, 3.63) is 44.1 Å². The summed E-state index contributed by atoms with van der Waals surface area (Å²) in [5, 5.41) is 13.8. The van der Waals surface area contributed by atoms with E-state index in [1.54, 1.807) is 12.1 Å². The third-order valence-electron chi connectivity index (χ3n) is 3.20. The molecule has 0 N–H and O–H groups in total. The van der Waals surface area contributed by atoms with Crippen LogP contribution < -0.4 is 5.69 Å². The standard InChI is InChI=1S/C13H10Cl2N4O/c1-7-4-9(14)12(10(15)5-7)19-13(20)18(8-2-3-8)11(6-16)17-19/h4-5,8H,2-3H2,1H3. The van der Waals surface area contributed by atoms with E-state index in [0.29, 0.717) is 15.7 Å². The van der Waals surface area contributed by atoms with Gasteiger partial charge in [0.05, 0.1) is 10.0 Å². The Morgan fingerprint density at radius 1 is 1.35 bits per heavy atom. The fourth-order valence-corrected chi connectivity index (χ4v) is 2.91. The Morgan fingerprint density at radius 3 is 2.45 bits per heavy atom. The number of hydrogen-bond acceptors (Lipinski definition) is 3. The highest BCUT2D eigenvalue weighted by atomic mass is 35.5. The topological polar surface area (TPSA) is 63.6 Å². The summed E-state index contributed by atoms with van der Waals surface area (Å²) in [7, 11) is 0. The monoisotopic (exact) mass is 308 g/mol. The first-order valence-corrected chi connectivity index (χ1v) is 6.86. The van der Waals surface area contributed by atoms with Crippen molar-refractivity contribution >= 4 is 23.2 Å². The largest absolute Gasteiger partial charge is 0.351 e. The van der Waals surface area contributed by atoms with Crippen molar-refractivity contribution < 1.29 is 0 Å². The van der Waals surface area contributed by atoms with Gasteiger partial charge in [0.25, 0.3) is 0 Å². The van der Waals surface area contributed by atoms with Gasteiger partial charge in [0.2, 0.25) is 5.82 Å². The van der Waals surface area contributed by atoms with Crippen molar-refractivity contribution in [2.24, 2.45) is 0 Å². The predicted octanol–water partition coefficient (Wildman–Crippen LogP) is 2.86. The van der Waals surface area contributed by atoms with Crippen LogP contribution in [0.5, 0.6) is 0 Å². The summed E-state index contributed by atoms with van der Waals surface area (Å²) in [5.41, 5.74) is 0.829. The molecule has 1 fully saturated rings. The fraction of sp³-hybridized carbons (Fsp3) is 0.308. The molecule has 1 heterocycles. The molecule has 1 saturated carbocycles. The van der Waals surface area contributed by atoms with Crippen LogP contribution in [0.2, 0.25) is 10.0 Å². The second-order valence-electron chi connectivity index (χ2n) is 4.81. The van der Waals surface area contributed by atoms with Gasteiger partial charge in [0.15, 0.2) is 0 Å². The summed E-state index contributed by atoms with van der Waals surface area (Å²) in [6.45, 7) is 1.85. The van der Waals surface area contributed by atoms with E-state index in [0.717, 1.165) is 23.1 Å². The van der Waals surface area contributed by atoms with Crippen LogP contribution in [-0.2, 0) is 0 Å². The van der Waals surface area contributed by atoms with E-state index in [1.807, 2.05) is 13.0 Å². The molecule has 0 atom stereocenters. The number of rotatable bonds is 2. The molecule has 7 heteroatoms. The molecular weight excluding hydrogens is 299 g/mol. The van der Waals surface area contributed by atoms with Gasteiger partial charge in [0.1, 0.15) is 11.8 Å². The molecular formula is C13H10Cl2N4O. The lowest BCUT2D eigenvalue weighted by molar-refractivity contribution is 0.688. The zero-order chi connectivity index (χ0) is 14.4. The molecule has 0 radical (unpaired) electrons. The van der Waals surface area contributed by atoms with E-state index in [-0.39, 0.29) is 17.6 Å². The Hall–Kier alpha value is -1.77. The number of nitrogens with zero attached hydrogens (tertiary/aromatic N) is 4. The van der Waals surface area contributed by atoms with Crippen LogP contribution >= 0.6 is 23.2 Å². The SMILES string of the molecule is Cc1cc(Cl)c(-n2nc(C#N)n(C3CC3)c2=O)c(Cl)c1. The number of halogens is 2. The maximum absolute atomic E-state index is 12.4. The zero-order valence-electron chi connectivity index (χ0n) is 10.6. The van der Waals surface area contributed by atoms with Gasteiger partial charge in [-0.3, -0.25) is 4.57 Å². The maximum Gasteiger partial charge on any atom is 0.351 e. The molecule has 1 aromatic carbocycles. The number of hydrogen-bond donors (Lipinski definition) is 0. The molecule has 1 aliphatic rings. The smallest absolute Gasteiger partial charge is 0.263 e. The first kappa shape index (κ1) is 13.2. The molecule has 3 rings (SSSR count). The summed E-state index contributed by atoms with van der Waals surface area (Å²) < 4.78 is 2.52. The minimum absolute atomic E-state index is 0.0638. The van der Waals surface area contributed by atoms with Crippen molar-refractivity contribution in [2.75, 3.05) is 0 Å². The first-order chi connectivity index (χ1) is 9.52. The van der Waals surface area contributed by atoms with E-state index in [2.05, 4.69) is 5.10 Å². The summed E-state index contributed by atoms with van der Waals surface area (Å²) in [4.78, 5) is 12.4. The van der Waals surface area contributed by atoms with E-state index in [4.69, 9.17) is 28.5 Å². The highest BCUT2D eigenvalue weighted by molar-refractivity contribution is 6.37. The van der Waals surface area contributed by atoms with Crippen LogP contribution in [0.25, 0.3) is 5.69 Å².